The predicted octanol–water partition coefficient (Wildman–Crippen LogP) is 0.428. The third kappa shape index (κ3) is 3.90. The summed E-state index contributed by atoms with van der Waals surface area (Å²) in [5.74, 6) is -0.879. The van der Waals surface area contributed by atoms with Crippen LogP contribution in [0.4, 0.5) is 0 Å². The first-order valence-electron chi connectivity index (χ1n) is 8.10. The molecule has 9 nitrogen and oxygen atoms in total. The maximum absolute atomic E-state index is 13.2. The highest BCUT2D eigenvalue weighted by Gasteiger charge is 2.33. The summed E-state index contributed by atoms with van der Waals surface area (Å²) in [6.45, 7) is 0.372. The molecule has 1 aromatic heterocycles. The van der Waals surface area contributed by atoms with Gasteiger partial charge in [0.05, 0.1) is 11.2 Å². The van der Waals surface area contributed by atoms with Gasteiger partial charge in [-0.3, -0.25) is 9.59 Å². The maximum atomic E-state index is 13.2. The van der Waals surface area contributed by atoms with Gasteiger partial charge in [-0.1, -0.05) is 0 Å². The number of carbonyl (C=O) groups is 2. The van der Waals surface area contributed by atoms with Gasteiger partial charge in [-0.25, -0.2) is 8.42 Å². The SMILES string of the molecule is CNC(=O)C(=O)NC[C@@H](c1ccco1)S(=O)(=O)c1ccc2c(c1)OCCO2. The van der Waals surface area contributed by atoms with E-state index in [0.717, 1.165) is 0 Å². The van der Waals surface area contributed by atoms with Crippen molar-refractivity contribution in [3.8, 4) is 11.5 Å². The molecule has 2 amide bonds. The van der Waals surface area contributed by atoms with Gasteiger partial charge in [0.2, 0.25) is 0 Å². The molecule has 1 aromatic carbocycles. The van der Waals surface area contributed by atoms with Crippen LogP contribution in [0, 0.1) is 0 Å². The van der Waals surface area contributed by atoms with Gasteiger partial charge in [-0.2, -0.15) is 0 Å². The van der Waals surface area contributed by atoms with Crippen LogP contribution in [0.1, 0.15) is 11.0 Å². The van der Waals surface area contributed by atoms with Crippen LogP contribution in [0.5, 0.6) is 11.5 Å². The van der Waals surface area contributed by atoms with E-state index in [1.807, 2.05) is 0 Å². The quantitative estimate of drug-likeness (QED) is 0.705. The number of fused-ring (bicyclic) bond motifs is 1. The van der Waals surface area contributed by atoms with E-state index in [1.54, 1.807) is 6.07 Å². The normalized spacial score (nSPS) is 14.3. The molecule has 2 aromatic rings. The maximum Gasteiger partial charge on any atom is 0.309 e. The van der Waals surface area contributed by atoms with E-state index in [-0.39, 0.29) is 17.2 Å². The van der Waals surface area contributed by atoms with E-state index < -0.39 is 26.9 Å². The second-order valence-corrected chi connectivity index (χ2v) is 7.77. The summed E-state index contributed by atoms with van der Waals surface area (Å²) in [6, 6.07) is 7.33. The van der Waals surface area contributed by atoms with Crippen molar-refractivity contribution in [2.45, 2.75) is 10.1 Å². The number of ether oxygens (including phenoxy) is 2. The summed E-state index contributed by atoms with van der Waals surface area (Å²) in [7, 11) is -2.66. The smallest absolute Gasteiger partial charge is 0.309 e. The first-order valence-corrected chi connectivity index (χ1v) is 9.65. The molecular weight excluding hydrogens is 376 g/mol. The van der Waals surface area contributed by atoms with Crippen LogP contribution in [0.2, 0.25) is 0 Å². The average molecular weight is 394 g/mol. The molecule has 3 rings (SSSR count). The van der Waals surface area contributed by atoms with Crippen LogP contribution in [0.3, 0.4) is 0 Å². The van der Waals surface area contributed by atoms with Crippen LogP contribution in [-0.2, 0) is 19.4 Å². The molecule has 1 aliphatic rings. The minimum absolute atomic E-state index is 0.0117. The van der Waals surface area contributed by atoms with Crippen molar-refractivity contribution in [3.63, 3.8) is 0 Å². The Hall–Kier alpha value is -3.01. The van der Waals surface area contributed by atoms with Crippen LogP contribution in [0.15, 0.2) is 45.9 Å². The van der Waals surface area contributed by atoms with E-state index in [0.29, 0.717) is 24.7 Å². The summed E-state index contributed by atoms with van der Waals surface area (Å²) in [5, 5.41) is 3.27. The Morgan fingerprint density at radius 3 is 2.52 bits per heavy atom. The molecule has 0 fully saturated rings. The lowest BCUT2D eigenvalue weighted by Gasteiger charge is -2.20. The number of amides is 2. The highest BCUT2D eigenvalue weighted by atomic mass is 32.2. The number of furan rings is 1. The Morgan fingerprint density at radius 2 is 1.85 bits per heavy atom. The molecule has 0 radical (unpaired) electrons. The Morgan fingerprint density at radius 1 is 1.11 bits per heavy atom. The molecule has 0 bridgehead atoms. The first-order chi connectivity index (χ1) is 12.9. The largest absolute Gasteiger partial charge is 0.486 e. The van der Waals surface area contributed by atoms with Crippen molar-refractivity contribution < 1.29 is 31.9 Å². The number of benzene rings is 1. The van der Waals surface area contributed by atoms with E-state index in [2.05, 4.69) is 10.6 Å². The van der Waals surface area contributed by atoms with Crippen molar-refractivity contribution in [3.05, 3.63) is 42.4 Å². The second kappa shape index (κ2) is 7.70. The minimum Gasteiger partial charge on any atom is -0.486 e. The van der Waals surface area contributed by atoms with E-state index in [9.17, 15) is 18.0 Å². The molecule has 1 aliphatic heterocycles. The number of carbonyl (C=O) groups excluding carboxylic acids is 2. The van der Waals surface area contributed by atoms with Gasteiger partial charge in [-0.05, 0) is 24.3 Å². The van der Waals surface area contributed by atoms with Gasteiger partial charge < -0.3 is 24.5 Å². The standard InChI is InChI=1S/C17H18N2O7S/c1-18-16(20)17(21)19-10-15(13-3-2-6-24-13)27(22,23)11-4-5-12-14(9-11)26-8-7-25-12/h2-6,9,15H,7-8,10H2,1H3,(H,18,20)(H,19,21)/t15-/m0/s1. The molecule has 144 valence electrons. The Kier molecular flexibility index (Phi) is 5.36. The summed E-state index contributed by atoms with van der Waals surface area (Å²) in [6.07, 6.45) is 1.34. The van der Waals surface area contributed by atoms with Gasteiger partial charge in [0, 0.05) is 19.7 Å². The fourth-order valence-electron chi connectivity index (χ4n) is 2.58. The topological polar surface area (TPSA) is 124 Å². The number of hydrogen-bond donors (Lipinski definition) is 2. The van der Waals surface area contributed by atoms with Crippen LogP contribution >= 0.6 is 0 Å². The van der Waals surface area contributed by atoms with Gasteiger partial charge >= 0.3 is 11.8 Å². The molecule has 0 unspecified atom stereocenters. The van der Waals surface area contributed by atoms with Gasteiger partial charge in [0.25, 0.3) is 0 Å². The van der Waals surface area contributed by atoms with Gasteiger partial charge in [0.1, 0.15) is 24.2 Å². The van der Waals surface area contributed by atoms with Crippen LogP contribution in [-0.4, -0.2) is 47.0 Å². The number of rotatable bonds is 5. The van der Waals surface area contributed by atoms with Crippen molar-refractivity contribution in [2.24, 2.45) is 0 Å². The van der Waals surface area contributed by atoms with Crippen LogP contribution in [0.25, 0.3) is 0 Å². The molecule has 0 saturated heterocycles. The lowest BCUT2D eigenvalue weighted by Crippen LogP contribution is -2.40. The minimum atomic E-state index is -3.96. The summed E-state index contributed by atoms with van der Waals surface area (Å²) >= 11 is 0. The average Bonchev–Trinajstić information content (AvgIpc) is 3.21. The highest BCUT2D eigenvalue weighted by molar-refractivity contribution is 7.91. The zero-order valence-electron chi connectivity index (χ0n) is 14.4. The zero-order valence-corrected chi connectivity index (χ0v) is 15.2. The van der Waals surface area contributed by atoms with E-state index in [1.165, 1.54) is 37.6 Å². The monoisotopic (exact) mass is 394 g/mol. The molecular formula is C17H18N2O7S. The second-order valence-electron chi connectivity index (χ2n) is 5.64. The third-order valence-electron chi connectivity index (χ3n) is 3.96. The van der Waals surface area contributed by atoms with Gasteiger partial charge in [-0.15, -0.1) is 0 Å². The summed E-state index contributed by atoms with van der Waals surface area (Å²) < 4.78 is 42.4. The molecule has 10 heteroatoms. The predicted molar refractivity (Wildman–Crippen MR) is 93.1 cm³/mol. The first kappa shape index (κ1) is 18.8. The summed E-state index contributed by atoms with van der Waals surface area (Å²) in [5.41, 5.74) is 0. The molecule has 2 N–H and O–H groups in total. The van der Waals surface area contributed by atoms with Crippen LogP contribution < -0.4 is 20.1 Å². The fourth-order valence-corrected chi connectivity index (χ4v) is 4.18. The number of likely N-dealkylation sites (N-methyl/N-ethyl adjacent to an activating group) is 1. The molecule has 0 spiro atoms. The van der Waals surface area contributed by atoms with Crippen molar-refractivity contribution in [1.82, 2.24) is 10.6 Å². The van der Waals surface area contributed by atoms with Gasteiger partial charge in [0.15, 0.2) is 21.3 Å². The highest BCUT2D eigenvalue weighted by Crippen LogP contribution is 2.36. The number of sulfone groups is 1. The molecule has 2 heterocycles. The van der Waals surface area contributed by atoms with Crippen molar-refractivity contribution in [1.29, 1.82) is 0 Å². The Balaban J connectivity index is 1.91. The lowest BCUT2D eigenvalue weighted by atomic mass is 10.3. The third-order valence-corrected chi connectivity index (χ3v) is 6.02. The summed E-state index contributed by atoms with van der Waals surface area (Å²) in [4.78, 5) is 23.1. The molecule has 27 heavy (non-hydrogen) atoms. The van der Waals surface area contributed by atoms with Crippen molar-refractivity contribution >= 4 is 21.7 Å². The number of nitrogens with one attached hydrogen (secondary N) is 2. The fraction of sp³-hybridized carbons (Fsp3) is 0.294. The van der Waals surface area contributed by atoms with E-state index in [4.69, 9.17) is 13.9 Å². The zero-order chi connectivity index (χ0) is 19.4. The molecule has 0 aliphatic carbocycles. The molecule has 1 atom stereocenters. The molecule has 0 saturated carbocycles. The number of hydrogen-bond acceptors (Lipinski definition) is 7. The Bertz CT molecular complexity index is 938. The lowest BCUT2D eigenvalue weighted by molar-refractivity contribution is -0.138. The van der Waals surface area contributed by atoms with E-state index >= 15 is 0 Å². The van der Waals surface area contributed by atoms with Crippen molar-refractivity contribution in [2.75, 3.05) is 26.8 Å². The Labute approximate surface area is 155 Å².